The zero-order chi connectivity index (χ0) is 15.2. The van der Waals surface area contributed by atoms with Crippen LogP contribution in [-0.4, -0.2) is 22.1 Å². The number of nitrogens with two attached hydrogens (primary N) is 1. The standard InChI is InChI=1S/C12H8F5NO2/c13-6-3-4(19)1-2-5(6)7-8(14)9(15)11(20)12(17,18)10(7)16/h1-3,11,19-20H,18H2. The van der Waals surface area contributed by atoms with E-state index in [1.165, 1.54) is 0 Å². The molecule has 1 aromatic rings. The van der Waals surface area contributed by atoms with Crippen molar-refractivity contribution in [2.75, 3.05) is 0 Å². The summed E-state index contributed by atoms with van der Waals surface area (Å²) in [5.41, 5.74) is 2.54. The number of aliphatic hydroxyl groups excluding tert-OH is 1. The molecule has 0 heterocycles. The van der Waals surface area contributed by atoms with Crippen LogP contribution in [0.15, 0.2) is 35.7 Å². The van der Waals surface area contributed by atoms with Crippen molar-refractivity contribution < 1.29 is 32.2 Å². The fourth-order valence-corrected chi connectivity index (χ4v) is 1.78. The Labute approximate surface area is 109 Å². The third-order valence-electron chi connectivity index (χ3n) is 2.85. The zero-order valence-corrected chi connectivity index (χ0v) is 9.67. The molecular weight excluding hydrogens is 285 g/mol. The zero-order valence-electron chi connectivity index (χ0n) is 9.67. The number of rotatable bonds is 1. The highest BCUT2D eigenvalue weighted by atomic mass is 19.2. The number of hydrogen-bond acceptors (Lipinski definition) is 3. The lowest BCUT2D eigenvalue weighted by molar-refractivity contribution is 0.0124. The lowest BCUT2D eigenvalue weighted by Gasteiger charge is -2.29. The Balaban J connectivity index is 2.73. The molecule has 0 saturated heterocycles. The van der Waals surface area contributed by atoms with Gasteiger partial charge in [0.25, 0.3) is 0 Å². The van der Waals surface area contributed by atoms with E-state index in [9.17, 15) is 22.0 Å². The average Bonchev–Trinajstić information content (AvgIpc) is 2.37. The van der Waals surface area contributed by atoms with Crippen LogP contribution in [0.1, 0.15) is 5.56 Å². The van der Waals surface area contributed by atoms with Crippen LogP contribution in [0.5, 0.6) is 5.75 Å². The maximum Gasteiger partial charge on any atom is 0.244 e. The summed E-state index contributed by atoms with van der Waals surface area (Å²) in [5.74, 6) is -11.6. The van der Waals surface area contributed by atoms with Gasteiger partial charge in [-0.05, 0) is 12.1 Å². The Morgan fingerprint density at radius 2 is 1.75 bits per heavy atom. The van der Waals surface area contributed by atoms with E-state index in [0.29, 0.717) is 6.07 Å². The molecule has 0 aromatic heterocycles. The summed E-state index contributed by atoms with van der Waals surface area (Å²) < 4.78 is 68.1. The van der Waals surface area contributed by atoms with E-state index in [2.05, 4.69) is 0 Å². The number of halogens is 5. The highest BCUT2D eigenvalue weighted by Crippen LogP contribution is 2.44. The van der Waals surface area contributed by atoms with Gasteiger partial charge < -0.3 is 10.2 Å². The number of allylic oxidation sites excluding steroid dienone is 2. The van der Waals surface area contributed by atoms with Gasteiger partial charge in [0.2, 0.25) is 5.79 Å². The first-order valence-electron chi connectivity index (χ1n) is 5.28. The molecule has 2 atom stereocenters. The summed E-state index contributed by atoms with van der Waals surface area (Å²) in [7, 11) is 0. The fraction of sp³-hybridized carbons (Fsp3) is 0.167. The van der Waals surface area contributed by atoms with E-state index in [-0.39, 0.29) is 0 Å². The number of alkyl halides is 1. The first-order valence-corrected chi connectivity index (χ1v) is 5.28. The molecule has 0 saturated carbocycles. The Hall–Kier alpha value is -1.93. The van der Waals surface area contributed by atoms with Crippen LogP contribution in [0.4, 0.5) is 22.0 Å². The van der Waals surface area contributed by atoms with Gasteiger partial charge in [-0.15, -0.1) is 0 Å². The molecule has 108 valence electrons. The minimum Gasteiger partial charge on any atom is -0.508 e. The first kappa shape index (κ1) is 14.5. The summed E-state index contributed by atoms with van der Waals surface area (Å²) >= 11 is 0. The Morgan fingerprint density at radius 3 is 2.30 bits per heavy atom. The molecule has 4 N–H and O–H groups in total. The largest absolute Gasteiger partial charge is 0.508 e. The number of benzene rings is 1. The Morgan fingerprint density at radius 1 is 1.15 bits per heavy atom. The van der Waals surface area contributed by atoms with Gasteiger partial charge in [-0.3, -0.25) is 5.73 Å². The monoisotopic (exact) mass is 293 g/mol. The van der Waals surface area contributed by atoms with Crippen molar-refractivity contribution in [1.29, 1.82) is 0 Å². The van der Waals surface area contributed by atoms with Crippen LogP contribution >= 0.6 is 0 Å². The maximum absolute atomic E-state index is 13.8. The third-order valence-corrected chi connectivity index (χ3v) is 2.85. The molecule has 0 bridgehead atoms. The van der Waals surface area contributed by atoms with E-state index in [1.807, 2.05) is 0 Å². The summed E-state index contributed by atoms with van der Waals surface area (Å²) in [5, 5.41) is 18.0. The van der Waals surface area contributed by atoms with Crippen LogP contribution in [-0.2, 0) is 0 Å². The molecule has 0 aliphatic heterocycles. The predicted molar refractivity (Wildman–Crippen MR) is 59.4 cm³/mol. The van der Waals surface area contributed by atoms with Crippen molar-refractivity contribution >= 4 is 5.57 Å². The molecule has 2 unspecified atom stereocenters. The molecular formula is C12H8F5NO2. The number of hydrogen-bond donors (Lipinski definition) is 3. The van der Waals surface area contributed by atoms with Gasteiger partial charge in [-0.2, -0.15) is 0 Å². The second kappa shape index (κ2) is 4.57. The molecule has 1 aliphatic rings. The van der Waals surface area contributed by atoms with E-state index in [0.717, 1.165) is 12.1 Å². The van der Waals surface area contributed by atoms with E-state index in [4.69, 9.17) is 15.9 Å². The van der Waals surface area contributed by atoms with Gasteiger partial charge in [0, 0.05) is 11.6 Å². The Kier molecular flexibility index (Phi) is 3.31. The number of aromatic hydroxyl groups is 1. The van der Waals surface area contributed by atoms with Crippen LogP contribution in [0.3, 0.4) is 0 Å². The number of phenols is 1. The second-order valence-electron chi connectivity index (χ2n) is 4.19. The smallest absolute Gasteiger partial charge is 0.244 e. The summed E-state index contributed by atoms with van der Waals surface area (Å²) in [6.45, 7) is 0. The molecule has 1 aromatic carbocycles. The third kappa shape index (κ3) is 1.97. The van der Waals surface area contributed by atoms with Gasteiger partial charge in [0.1, 0.15) is 11.6 Å². The molecule has 3 nitrogen and oxygen atoms in total. The predicted octanol–water partition coefficient (Wildman–Crippen LogP) is 2.36. The minimum atomic E-state index is -3.72. The summed E-state index contributed by atoms with van der Waals surface area (Å²) in [6.07, 6.45) is -2.87. The SMILES string of the molecule is NC1(F)C(F)=C(c2ccc(O)cc2F)C(F)=C(F)C1O. The minimum absolute atomic E-state index is 0.502. The van der Waals surface area contributed by atoms with E-state index >= 15 is 0 Å². The van der Waals surface area contributed by atoms with Gasteiger partial charge in [0.05, 0.1) is 5.57 Å². The van der Waals surface area contributed by atoms with Gasteiger partial charge >= 0.3 is 0 Å². The molecule has 8 heteroatoms. The van der Waals surface area contributed by atoms with Crippen LogP contribution in [0.2, 0.25) is 0 Å². The molecule has 0 amide bonds. The topological polar surface area (TPSA) is 66.5 Å². The lowest BCUT2D eigenvalue weighted by atomic mass is 9.90. The quantitative estimate of drug-likeness (QED) is 0.550. The summed E-state index contributed by atoms with van der Waals surface area (Å²) in [4.78, 5) is 0. The Bertz CT molecular complexity index is 639. The van der Waals surface area contributed by atoms with Crippen molar-refractivity contribution in [3.8, 4) is 5.75 Å². The van der Waals surface area contributed by atoms with E-state index < -0.39 is 52.1 Å². The van der Waals surface area contributed by atoms with Crippen LogP contribution in [0.25, 0.3) is 5.57 Å². The first-order chi connectivity index (χ1) is 9.17. The van der Waals surface area contributed by atoms with Crippen molar-refractivity contribution in [3.05, 3.63) is 47.1 Å². The van der Waals surface area contributed by atoms with Gasteiger partial charge in [-0.1, -0.05) is 0 Å². The average molecular weight is 293 g/mol. The highest BCUT2D eigenvalue weighted by Gasteiger charge is 2.50. The number of phenolic OH excluding ortho intramolecular Hbond substituents is 1. The van der Waals surface area contributed by atoms with E-state index in [1.54, 1.807) is 0 Å². The van der Waals surface area contributed by atoms with Crippen LogP contribution in [0, 0.1) is 5.82 Å². The molecule has 0 radical (unpaired) electrons. The fourth-order valence-electron chi connectivity index (χ4n) is 1.78. The highest BCUT2D eigenvalue weighted by molar-refractivity contribution is 5.82. The van der Waals surface area contributed by atoms with Crippen molar-refractivity contribution in [1.82, 2.24) is 0 Å². The van der Waals surface area contributed by atoms with Crippen molar-refractivity contribution in [3.63, 3.8) is 0 Å². The van der Waals surface area contributed by atoms with Gasteiger partial charge in [-0.25, -0.2) is 22.0 Å². The van der Waals surface area contributed by atoms with Crippen molar-refractivity contribution in [2.45, 2.75) is 11.9 Å². The normalized spacial score (nSPS) is 27.2. The maximum atomic E-state index is 13.8. The summed E-state index contributed by atoms with van der Waals surface area (Å²) in [6, 6.07) is 2.09. The lowest BCUT2D eigenvalue weighted by Crippen LogP contribution is -2.50. The second-order valence-corrected chi connectivity index (χ2v) is 4.19. The van der Waals surface area contributed by atoms with Gasteiger partial charge in [0.15, 0.2) is 23.6 Å². The van der Waals surface area contributed by atoms with Crippen LogP contribution < -0.4 is 5.73 Å². The molecule has 0 spiro atoms. The molecule has 0 fully saturated rings. The van der Waals surface area contributed by atoms with Crippen molar-refractivity contribution in [2.24, 2.45) is 5.73 Å². The molecule has 20 heavy (non-hydrogen) atoms. The molecule has 2 rings (SSSR count). The molecule has 1 aliphatic carbocycles. The number of aliphatic hydroxyl groups is 1.